The molecule has 0 aliphatic carbocycles. The Kier molecular flexibility index (Phi) is 5.47. The van der Waals surface area contributed by atoms with Crippen molar-refractivity contribution in [3.8, 4) is 5.75 Å². The van der Waals surface area contributed by atoms with Gasteiger partial charge in [-0.15, -0.1) is 11.8 Å². The molecule has 0 unspecified atom stereocenters. The van der Waals surface area contributed by atoms with E-state index in [0.29, 0.717) is 5.69 Å². The van der Waals surface area contributed by atoms with Crippen molar-refractivity contribution < 1.29 is 13.9 Å². The number of amides is 1. The number of hydrogen-bond acceptors (Lipinski definition) is 3. The molecule has 0 saturated carbocycles. The molecule has 2 aromatic carbocycles. The van der Waals surface area contributed by atoms with E-state index in [2.05, 4.69) is 5.32 Å². The summed E-state index contributed by atoms with van der Waals surface area (Å²) in [6.07, 6.45) is 0. The predicted molar refractivity (Wildman–Crippen MR) is 83.8 cm³/mol. The highest BCUT2D eigenvalue weighted by Gasteiger charge is 2.07. The van der Waals surface area contributed by atoms with Crippen molar-refractivity contribution >= 4 is 35.0 Å². The van der Waals surface area contributed by atoms with Crippen molar-refractivity contribution in [1.29, 1.82) is 0 Å². The van der Waals surface area contributed by atoms with Crippen molar-refractivity contribution in [3.05, 3.63) is 53.3 Å². The highest BCUT2D eigenvalue weighted by Crippen LogP contribution is 2.24. The number of carbonyl (C=O) groups is 1. The van der Waals surface area contributed by atoms with Crippen LogP contribution < -0.4 is 10.1 Å². The van der Waals surface area contributed by atoms with Crippen molar-refractivity contribution in [2.24, 2.45) is 0 Å². The van der Waals surface area contributed by atoms with Crippen LogP contribution in [0.4, 0.5) is 10.1 Å². The molecule has 0 aliphatic heterocycles. The van der Waals surface area contributed by atoms with Gasteiger partial charge in [0.05, 0.1) is 23.6 Å². The van der Waals surface area contributed by atoms with Crippen LogP contribution in [0.15, 0.2) is 47.4 Å². The molecule has 0 aromatic heterocycles. The second-order valence-electron chi connectivity index (χ2n) is 4.14. The van der Waals surface area contributed by atoms with Crippen LogP contribution >= 0.6 is 23.4 Å². The number of carbonyl (C=O) groups excluding carboxylic acids is 1. The van der Waals surface area contributed by atoms with Gasteiger partial charge in [0.15, 0.2) is 0 Å². The Morgan fingerprint density at radius 2 is 2.00 bits per heavy atom. The number of hydrogen-bond donors (Lipinski definition) is 1. The number of nitrogens with one attached hydrogen (secondary N) is 1. The van der Waals surface area contributed by atoms with E-state index in [-0.39, 0.29) is 16.7 Å². The summed E-state index contributed by atoms with van der Waals surface area (Å²) in [5.74, 6) is 0.358. The third-order valence-electron chi connectivity index (χ3n) is 2.63. The second kappa shape index (κ2) is 7.33. The summed E-state index contributed by atoms with van der Waals surface area (Å²) in [6.45, 7) is 0. The third kappa shape index (κ3) is 4.65. The Morgan fingerprint density at radius 3 is 2.62 bits per heavy atom. The maximum Gasteiger partial charge on any atom is 0.234 e. The highest BCUT2D eigenvalue weighted by molar-refractivity contribution is 8.00. The molecule has 0 aliphatic rings. The van der Waals surface area contributed by atoms with Crippen molar-refractivity contribution in [2.75, 3.05) is 18.2 Å². The van der Waals surface area contributed by atoms with Crippen LogP contribution in [0.1, 0.15) is 0 Å². The van der Waals surface area contributed by atoms with Gasteiger partial charge >= 0.3 is 0 Å². The quantitative estimate of drug-likeness (QED) is 0.836. The number of thioether (sulfide) groups is 1. The molecule has 3 nitrogen and oxygen atoms in total. The lowest BCUT2D eigenvalue weighted by molar-refractivity contribution is -0.113. The first-order valence-electron chi connectivity index (χ1n) is 6.10. The summed E-state index contributed by atoms with van der Waals surface area (Å²) in [5, 5.41) is 2.83. The number of methoxy groups -OCH3 is 1. The average molecular weight is 326 g/mol. The van der Waals surface area contributed by atoms with Crippen molar-refractivity contribution in [2.45, 2.75) is 4.90 Å². The SMILES string of the molecule is COc1ccc(SCC(=O)Nc2ccc(F)cc2Cl)cc1. The largest absolute Gasteiger partial charge is 0.497 e. The van der Waals surface area contributed by atoms with E-state index < -0.39 is 5.82 Å². The third-order valence-corrected chi connectivity index (χ3v) is 3.96. The maximum atomic E-state index is 12.9. The molecule has 0 saturated heterocycles. The van der Waals surface area contributed by atoms with Gasteiger partial charge in [0.1, 0.15) is 11.6 Å². The molecule has 1 N–H and O–H groups in total. The molecular weight excluding hydrogens is 313 g/mol. The van der Waals surface area contributed by atoms with Crippen LogP contribution in [0, 0.1) is 5.82 Å². The van der Waals surface area contributed by atoms with Crippen LogP contribution in [0.3, 0.4) is 0 Å². The first-order chi connectivity index (χ1) is 10.1. The normalized spacial score (nSPS) is 10.2. The topological polar surface area (TPSA) is 38.3 Å². The minimum atomic E-state index is -0.439. The Labute approximate surface area is 131 Å². The lowest BCUT2D eigenvalue weighted by atomic mass is 10.3. The van der Waals surface area contributed by atoms with Gasteiger partial charge in [0.25, 0.3) is 0 Å². The monoisotopic (exact) mass is 325 g/mol. The molecule has 2 aromatic rings. The Balaban J connectivity index is 1.89. The zero-order chi connectivity index (χ0) is 15.2. The smallest absolute Gasteiger partial charge is 0.234 e. The van der Waals surface area contributed by atoms with E-state index in [0.717, 1.165) is 16.7 Å². The zero-order valence-corrected chi connectivity index (χ0v) is 12.8. The van der Waals surface area contributed by atoms with Gasteiger partial charge in [0, 0.05) is 4.90 Å². The Morgan fingerprint density at radius 1 is 1.29 bits per heavy atom. The van der Waals surface area contributed by atoms with Gasteiger partial charge in [0.2, 0.25) is 5.91 Å². The molecule has 0 atom stereocenters. The fraction of sp³-hybridized carbons (Fsp3) is 0.133. The molecule has 1 amide bonds. The minimum Gasteiger partial charge on any atom is -0.497 e. The fourth-order valence-electron chi connectivity index (χ4n) is 1.60. The number of halogens is 2. The molecule has 0 bridgehead atoms. The fourth-order valence-corrected chi connectivity index (χ4v) is 2.51. The Hall–Kier alpha value is -1.72. The van der Waals surface area contributed by atoms with Gasteiger partial charge in [-0.2, -0.15) is 0 Å². The molecule has 21 heavy (non-hydrogen) atoms. The lowest BCUT2D eigenvalue weighted by Crippen LogP contribution is -2.14. The summed E-state index contributed by atoms with van der Waals surface area (Å²) >= 11 is 7.24. The van der Waals surface area contributed by atoms with E-state index in [4.69, 9.17) is 16.3 Å². The first kappa shape index (κ1) is 15.7. The predicted octanol–water partition coefficient (Wildman–Crippen LogP) is 4.22. The molecular formula is C15H13ClFNO2S. The van der Waals surface area contributed by atoms with Gasteiger partial charge in [-0.1, -0.05) is 11.6 Å². The van der Waals surface area contributed by atoms with Crippen LogP contribution in [0.2, 0.25) is 5.02 Å². The second-order valence-corrected chi connectivity index (χ2v) is 5.59. The molecule has 0 radical (unpaired) electrons. The summed E-state index contributed by atoms with van der Waals surface area (Å²) in [4.78, 5) is 12.8. The standard InChI is InChI=1S/C15H13ClFNO2S/c1-20-11-3-5-12(6-4-11)21-9-15(19)18-14-7-2-10(17)8-13(14)16/h2-8H,9H2,1H3,(H,18,19). The van der Waals surface area contributed by atoms with Crippen LogP contribution in [-0.4, -0.2) is 18.8 Å². The van der Waals surface area contributed by atoms with E-state index in [1.54, 1.807) is 7.11 Å². The number of benzene rings is 2. The van der Waals surface area contributed by atoms with E-state index in [1.807, 2.05) is 24.3 Å². The van der Waals surface area contributed by atoms with Crippen LogP contribution in [0.5, 0.6) is 5.75 Å². The number of anilines is 1. The number of rotatable bonds is 5. The van der Waals surface area contributed by atoms with E-state index >= 15 is 0 Å². The van der Waals surface area contributed by atoms with Gasteiger partial charge < -0.3 is 10.1 Å². The molecule has 0 spiro atoms. The van der Waals surface area contributed by atoms with E-state index in [9.17, 15) is 9.18 Å². The average Bonchev–Trinajstić information content (AvgIpc) is 2.48. The molecule has 110 valence electrons. The molecule has 6 heteroatoms. The van der Waals surface area contributed by atoms with Gasteiger partial charge in [-0.25, -0.2) is 4.39 Å². The minimum absolute atomic E-state index is 0.179. The highest BCUT2D eigenvalue weighted by atomic mass is 35.5. The Bertz CT molecular complexity index is 634. The van der Waals surface area contributed by atoms with Crippen molar-refractivity contribution in [3.63, 3.8) is 0 Å². The molecule has 0 fully saturated rings. The molecule has 0 heterocycles. The zero-order valence-electron chi connectivity index (χ0n) is 11.2. The number of ether oxygens (including phenoxy) is 1. The van der Waals surface area contributed by atoms with Gasteiger partial charge in [-0.05, 0) is 42.5 Å². The summed E-state index contributed by atoms with van der Waals surface area (Å²) in [7, 11) is 1.60. The first-order valence-corrected chi connectivity index (χ1v) is 7.46. The summed E-state index contributed by atoms with van der Waals surface area (Å²) < 4.78 is 18.0. The van der Waals surface area contributed by atoms with E-state index in [1.165, 1.54) is 23.9 Å². The summed E-state index contributed by atoms with van der Waals surface area (Å²) in [6, 6.07) is 11.3. The van der Waals surface area contributed by atoms with Crippen molar-refractivity contribution in [1.82, 2.24) is 0 Å². The summed E-state index contributed by atoms with van der Waals surface area (Å²) in [5.41, 5.74) is 0.401. The van der Waals surface area contributed by atoms with Crippen LogP contribution in [0.25, 0.3) is 0 Å². The lowest BCUT2D eigenvalue weighted by Gasteiger charge is -2.07. The maximum absolute atomic E-state index is 12.9. The van der Waals surface area contributed by atoms with Gasteiger partial charge in [-0.3, -0.25) is 4.79 Å². The van der Waals surface area contributed by atoms with Crippen LogP contribution in [-0.2, 0) is 4.79 Å². The molecule has 2 rings (SSSR count).